The first-order chi connectivity index (χ1) is 16.0. The average Bonchev–Trinajstić information content (AvgIpc) is 3.52. The Kier molecular flexibility index (Phi) is 5.65. The van der Waals surface area contributed by atoms with E-state index in [-0.39, 0.29) is 11.3 Å². The molecule has 0 bridgehead atoms. The van der Waals surface area contributed by atoms with Crippen molar-refractivity contribution in [2.24, 2.45) is 0 Å². The van der Waals surface area contributed by atoms with Crippen LogP contribution < -0.4 is 9.64 Å². The smallest absolute Gasteiger partial charge is 0.301 e. The molecular formula is C24H17ClN2O4S2. The van der Waals surface area contributed by atoms with Crippen LogP contribution in [0.1, 0.15) is 23.4 Å². The lowest BCUT2D eigenvalue weighted by Gasteiger charge is -2.21. The molecule has 6 nitrogen and oxygen atoms in total. The first kappa shape index (κ1) is 21.6. The molecule has 9 heteroatoms. The number of carbonyl (C=O) groups is 2. The predicted octanol–water partition coefficient (Wildman–Crippen LogP) is 6.04. The van der Waals surface area contributed by atoms with E-state index in [2.05, 4.69) is 4.98 Å². The summed E-state index contributed by atoms with van der Waals surface area (Å²) in [6, 6.07) is 15.0. The molecule has 1 fully saturated rings. The van der Waals surface area contributed by atoms with Gasteiger partial charge in [-0.15, -0.1) is 11.3 Å². The molecule has 1 amide bonds. The Morgan fingerprint density at radius 1 is 1.18 bits per heavy atom. The molecule has 1 aliphatic heterocycles. The van der Waals surface area contributed by atoms with Gasteiger partial charge in [0.15, 0.2) is 5.13 Å². The van der Waals surface area contributed by atoms with Crippen molar-refractivity contribution in [2.75, 3.05) is 11.5 Å². The second-order valence-electron chi connectivity index (χ2n) is 7.25. The van der Waals surface area contributed by atoms with Gasteiger partial charge in [-0.1, -0.05) is 41.1 Å². The Hall–Kier alpha value is -3.20. The number of amides is 1. The number of aliphatic hydroxyl groups excluding tert-OH is 1. The van der Waals surface area contributed by atoms with Crippen LogP contribution in [0.15, 0.2) is 65.6 Å². The lowest BCUT2D eigenvalue weighted by molar-refractivity contribution is -0.132. The van der Waals surface area contributed by atoms with Crippen LogP contribution in [0.5, 0.6) is 5.75 Å². The minimum absolute atomic E-state index is 0.0217. The second-order valence-corrected chi connectivity index (χ2v) is 9.68. The Bertz CT molecular complexity index is 1410. The molecule has 1 aliphatic rings. The zero-order valence-electron chi connectivity index (χ0n) is 17.3. The zero-order chi connectivity index (χ0) is 23.1. The molecule has 5 rings (SSSR count). The van der Waals surface area contributed by atoms with Crippen LogP contribution >= 0.6 is 34.3 Å². The number of fused-ring (bicyclic) bond motifs is 1. The maximum atomic E-state index is 13.2. The number of benzene rings is 2. The van der Waals surface area contributed by atoms with Crippen LogP contribution in [0, 0.1) is 0 Å². The van der Waals surface area contributed by atoms with E-state index in [0.717, 1.165) is 9.58 Å². The number of aromatic nitrogens is 1. The zero-order valence-corrected chi connectivity index (χ0v) is 19.7. The molecule has 1 saturated heterocycles. The van der Waals surface area contributed by atoms with Crippen LogP contribution in [0.2, 0.25) is 5.02 Å². The fourth-order valence-electron chi connectivity index (χ4n) is 3.79. The number of hydrogen-bond acceptors (Lipinski definition) is 7. The largest absolute Gasteiger partial charge is 0.507 e. The first-order valence-electron chi connectivity index (χ1n) is 10.1. The summed E-state index contributed by atoms with van der Waals surface area (Å²) < 4.78 is 6.33. The molecule has 3 heterocycles. The third kappa shape index (κ3) is 3.80. The highest BCUT2D eigenvalue weighted by molar-refractivity contribution is 7.22. The number of thiophene rings is 1. The standard InChI is InChI=1S/C24H17ClN2O4S2/c1-2-31-15-6-3-5-13(11-15)21(28)19-20(17-7-4-10-32-17)27(23(30)22(19)29)24-26-16-9-8-14(25)12-18(16)33-24/h3-12,20,28H,2H2,1H3/b21-19+. The molecular weight excluding hydrogens is 480 g/mol. The summed E-state index contributed by atoms with van der Waals surface area (Å²) >= 11 is 8.78. The lowest BCUT2D eigenvalue weighted by atomic mass is 10.00. The van der Waals surface area contributed by atoms with Crippen molar-refractivity contribution in [1.82, 2.24) is 4.98 Å². The fraction of sp³-hybridized carbons (Fsp3) is 0.125. The molecule has 1 N–H and O–H groups in total. The SMILES string of the molecule is CCOc1cccc(/C(O)=C2\C(=O)C(=O)N(c3nc4ccc(Cl)cc4s3)C2c2cccs2)c1. The number of carbonyl (C=O) groups excluding carboxylic acids is 2. The number of rotatable bonds is 5. The quantitative estimate of drug-likeness (QED) is 0.207. The van der Waals surface area contributed by atoms with E-state index in [1.807, 2.05) is 24.4 Å². The van der Waals surface area contributed by atoms with Crippen LogP contribution in [0.3, 0.4) is 0 Å². The Balaban J connectivity index is 1.68. The Morgan fingerprint density at radius 2 is 2.03 bits per heavy atom. The number of ketones is 1. The third-order valence-electron chi connectivity index (χ3n) is 5.22. The number of aliphatic hydroxyl groups is 1. The Morgan fingerprint density at radius 3 is 2.79 bits per heavy atom. The molecule has 4 aromatic rings. The fourth-order valence-corrected chi connectivity index (χ4v) is 5.88. The maximum absolute atomic E-state index is 13.2. The van der Waals surface area contributed by atoms with Gasteiger partial charge in [0.1, 0.15) is 17.6 Å². The molecule has 0 radical (unpaired) electrons. The van der Waals surface area contributed by atoms with Gasteiger partial charge in [-0.2, -0.15) is 0 Å². The van der Waals surface area contributed by atoms with Crippen molar-refractivity contribution >= 4 is 67.1 Å². The summed E-state index contributed by atoms with van der Waals surface area (Å²) in [7, 11) is 0. The van der Waals surface area contributed by atoms with Crippen molar-refractivity contribution in [3.05, 3.63) is 81.0 Å². The number of nitrogens with zero attached hydrogens (tertiary/aromatic N) is 2. The second kappa shape index (κ2) is 8.62. The van der Waals surface area contributed by atoms with Gasteiger partial charge in [0.05, 0.1) is 22.4 Å². The minimum Gasteiger partial charge on any atom is -0.507 e. The van der Waals surface area contributed by atoms with Crippen LogP contribution in [-0.4, -0.2) is 28.4 Å². The van der Waals surface area contributed by atoms with E-state index in [9.17, 15) is 14.7 Å². The highest BCUT2D eigenvalue weighted by Gasteiger charge is 2.48. The van der Waals surface area contributed by atoms with Gasteiger partial charge in [-0.3, -0.25) is 14.5 Å². The van der Waals surface area contributed by atoms with E-state index in [0.29, 0.717) is 33.6 Å². The molecule has 0 spiro atoms. The van der Waals surface area contributed by atoms with Crippen LogP contribution in [0.25, 0.3) is 16.0 Å². The first-order valence-corrected chi connectivity index (χ1v) is 12.2. The Labute approximate surface area is 202 Å². The summed E-state index contributed by atoms with van der Waals surface area (Å²) in [5.74, 6) is -1.18. The highest BCUT2D eigenvalue weighted by Crippen LogP contribution is 2.45. The van der Waals surface area contributed by atoms with Gasteiger partial charge in [-0.25, -0.2) is 4.98 Å². The van der Waals surface area contributed by atoms with Crippen molar-refractivity contribution in [2.45, 2.75) is 13.0 Å². The monoisotopic (exact) mass is 496 g/mol. The number of halogens is 1. The van der Waals surface area contributed by atoms with Crippen molar-refractivity contribution < 1.29 is 19.4 Å². The molecule has 0 saturated carbocycles. The van der Waals surface area contributed by atoms with E-state index in [4.69, 9.17) is 16.3 Å². The molecule has 0 aliphatic carbocycles. The predicted molar refractivity (Wildman–Crippen MR) is 131 cm³/mol. The van der Waals surface area contributed by atoms with E-state index in [1.54, 1.807) is 42.5 Å². The number of hydrogen-bond donors (Lipinski definition) is 1. The van der Waals surface area contributed by atoms with Gasteiger partial charge in [0, 0.05) is 15.5 Å². The summed E-state index contributed by atoms with van der Waals surface area (Å²) in [4.78, 5) is 33.1. The van der Waals surface area contributed by atoms with Gasteiger partial charge in [0.2, 0.25) is 0 Å². The normalized spacial score (nSPS) is 17.8. The van der Waals surface area contributed by atoms with Crippen LogP contribution in [0.4, 0.5) is 5.13 Å². The lowest BCUT2D eigenvalue weighted by Crippen LogP contribution is -2.28. The number of ether oxygens (including phenoxy) is 1. The van der Waals surface area contributed by atoms with Crippen molar-refractivity contribution in [3.8, 4) is 5.75 Å². The third-order valence-corrected chi connectivity index (χ3v) is 7.40. The maximum Gasteiger partial charge on any atom is 0.301 e. The van der Waals surface area contributed by atoms with Gasteiger partial charge >= 0.3 is 5.91 Å². The molecule has 33 heavy (non-hydrogen) atoms. The highest BCUT2D eigenvalue weighted by atomic mass is 35.5. The van der Waals surface area contributed by atoms with Gasteiger partial charge < -0.3 is 9.84 Å². The number of thiazole rings is 1. The average molecular weight is 497 g/mol. The topological polar surface area (TPSA) is 79.7 Å². The van der Waals surface area contributed by atoms with Crippen molar-refractivity contribution in [3.63, 3.8) is 0 Å². The molecule has 2 aromatic carbocycles. The molecule has 166 valence electrons. The van der Waals surface area contributed by atoms with Crippen molar-refractivity contribution in [1.29, 1.82) is 0 Å². The minimum atomic E-state index is -0.795. The number of anilines is 1. The van der Waals surface area contributed by atoms with E-state index in [1.165, 1.54) is 27.6 Å². The summed E-state index contributed by atoms with van der Waals surface area (Å²) in [5.41, 5.74) is 1.10. The summed E-state index contributed by atoms with van der Waals surface area (Å²) in [6.45, 7) is 2.32. The molecule has 1 atom stereocenters. The van der Waals surface area contributed by atoms with E-state index >= 15 is 0 Å². The van der Waals surface area contributed by atoms with Gasteiger partial charge in [-0.05, 0) is 48.7 Å². The van der Waals surface area contributed by atoms with Crippen LogP contribution in [-0.2, 0) is 9.59 Å². The summed E-state index contributed by atoms with van der Waals surface area (Å²) in [5, 5.41) is 14.0. The van der Waals surface area contributed by atoms with Gasteiger partial charge in [0.25, 0.3) is 5.78 Å². The molecule has 1 unspecified atom stereocenters. The molecule has 2 aromatic heterocycles. The number of Topliss-reactive ketones (excluding diaryl/α,β-unsaturated/α-hetero) is 1. The summed E-state index contributed by atoms with van der Waals surface area (Å²) in [6.07, 6.45) is 0. The van der Waals surface area contributed by atoms with E-state index < -0.39 is 17.7 Å².